The Morgan fingerprint density at radius 2 is 2.23 bits per heavy atom. The number of nitrogens with zero attached hydrogens (tertiary/aromatic N) is 2. The largest absolute Gasteiger partial charge is 0.303 e. The predicted molar refractivity (Wildman–Crippen MR) is 56.1 cm³/mol. The molecule has 1 aliphatic rings. The molecule has 1 fully saturated rings. The van der Waals surface area contributed by atoms with Crippen LogP contribution in [0.4, 0.5) is 0 Å². The van der Waals surface area contributed by atoms with Crippen molar-refractivity contribution >= 4 is 11.3 Å². The van der Waals surface area contributed by atoms with Crippen molar-refractivity contribution in [2.24, 2.45) is 0 Å². The van der Waals surface area contributed by atoms with Crippen LogP contribution in [0.25, 0.3) is 0 Å². The Morgan fingerprint density at radius 3 is 2.92 bits per heavy atom. The highest BCUT2D eigenvalue weighted by atomic mass is 32.1. The Morgan fingerprint density at radius 1 is 1.38 bits per heavy atom. The summed E-state index contributed by atoms with van der Waals surface area (Å²) in [5.41, 5.74) is 0. The van der Waals surface area contributed by atoms with E-state index in [1.165, 1.54) is 43.9 Å². The third kappa shape index (κ3) is 2.78. The SMILES string of the molecule is c1csc(CCCN2CCCC2)n1. The molecule has 0 bridgehead atoms. The molecule has 0 spiro atoms. The summed E-state index contributed by atoms with van der Waals surface area (Å²) < 4.78 is 0. The van der Waals surface area contributed by atoms with Crippen molar-refractivity contribution in [3.8, 4) is 0 Å². The molecule has 2 heterocycles. The molecule has 3 heteroatoms. The van der Waals surface area contributed by atoms with Crippen molar-refractivity contribution in [1.82, 2.24) is 9.88 Å². The molecule has 2 nitrogen and oxygen atoms in total. The number of aromatic nitrogens is 1. The fourth-order valence-corrected chi connectivity index (χ4v) is 2.50. The maximum atomic E-state index is 4.28. The van der Waals surface area contributed by atoms with Gasteiger partial charge in [-0.05, 0) is 38.9 Å². The summed E-state index contributed by atoms with van der Waals surface area (Å²) in [5, 5.41) is 3.35. The Bertz CT molecular complexity index is 227. The molecule has 13 heavy (non-hydrogen) atoms. The maximum Gasteiger partial charge on any atom is 0.0925 e. The molecule has 0 aliphatic carbocycles. The monoisotopic (exact) mass is 196 g/mol. The summed E-state index contributed by atoms with van der Waals surface area (Å²) in [5.74, 6) is 0. The fourth-order valence-electron chi connectivity index (χ4n) is 1.84. The van der Waals surface area contributed by atoms with Gasteiger partial charge in [0, 0.05) is 18.0 Å². The van der Waals surface area contributed by atoms with Gasteiger partial charge in [-0.15, -0.1) is 11.3 Å². The standard InChI is InChI=1S/C10H16N2S/c1-2-7-12(6-1)8-3-4-10-11-5-9-13-10/h5,9H,1-4,6-8H2. The molecule has 0 saturated carbocycles. The van der Waals surface area contributed by atoms with Crippen LogP contribution in [0.5, 0.6) is 0 Å². The topological polar surface area (TPSA) is 16.1 Å². The van der Waals surface area contributed by atoms with E-state index in [0.29, 0.717) is 0 Å². The second kappa shape index (κ2) is 4.72. The van der Waals surface area contributed by atoms with Gasteiger partial charge in [-0.3, -0.25) is 0 Å². The lowest BCUT2D eigenvalue weighted by Gasteiger charge is -2.12. The van der Waals surface area contributed by atoms with Crippen LogP contribution in [0.2, 0.25) is 0 Å². The molecule has 2 rings (SSSR count). The van der Waals surface area contributed by atoms with Gasteiger partial charge < -0.3 is 4.90 Å². The molecular formula is C10H16N2S. The third-order valence-corrected chi connectivity index (χ3v) is 3.39. The van der Waals surface area contributed by atoms with Crippen LogP contribution in [-0.4, -0.2) is 29.5 Å². The van der Waals surface area contributed by atoms with Crippen molar-refractivity contribution in [1.29, 1.82) is 0 Å². The summed E-state index contributed by atoms with van der Waals surface area (Å²) in [6, 6.07) is 0. The van der Waals surface area contributed by atoms with E-state index in [2.05, 4.69) is 15.3 Å². The highest BCUT2D eigenvalue weighted by molar-refractivity contribution is 7.09. The lowest BCUT2D eigenvalue weighted by atomic mass is 10.3. The van der Waals surface area contributed by atoms with E-state index in [-0.39, 0.29) is 0 Å². The van der Waals surface area contributed by atoms with E-state index >= 15 is 0 Å². The Hall–Kier alpha value is -0.410. The molecule has 72 valence electrons. The van der Waals surface area contributed by atoms with Gasteiger partial charge in [0.2, 0.25) is 0 Å². The Labute approximate surface area is 83.6 Å². The summed E-state index contributed by atoms with van der Waals surface area (Å²) in [7, 11) is 0. The Kier molecular flexibility index (Phi) is 3.33. The third-order valence-electron chi connectivity index (χ3n) is 2.55. The van der Waals surface area contributed by atoms with Crippen LogP contribution in [0.15, 0.2) is 11.6 Å². The van der Waals surface area contributed by atoms with Crippen LogP contribution in [-0.2, 0) is 6.42 Å². The molecule has 1 aliphatic heterocycles. The highest BCUT2D eigenvalue weighted by Crippen LogP contribution is 2.10. The van der Waals surface area contributed by atoms with Gasteiger partial charge >= 0.3 is 0 Å². The lowest BCUT2D eigenvalue weighted by Crippen LogP contribution is -2.20. The molecular weight excluding hydrogens is 180 g/mol. The van der Waals surface area contributed by atoms with E-state index in [4.69, 9.17) is 0 Å². The van der Waals surface area contributed by atoms with Gasteiger partial charge in [-0.1, -0.05) is 0 Å². The fraction of sp³-hybridized carbons (Fsp3) is 0.700. The molecule has 1 aromatic heterocycles. The van der Waals surface area contributed by atoms with Gasteiger partial charge in [0.15, 0.2) is 0 Å². The number of rotatable bonds is 4. The minimum absolute atomic E-state index is 1.16. The summed E-state index contributed by atoms with van der Waals surface area (Å²) in [4.78, 5) is 6.84. The average molecular weight is 196 g/mol. The van der Waals surface area contributed by atoms with Crippen molar-refractivity contribution in [3.63, 3.8) is 0 Å². The van der Waals surface area contributed by atoms with Crippen molar-refractivity contribution in [2.75, 3.05) is 19.6 Å². The van der Waals surface area contributed by atoms with E-state index < -0.39 is 0 Å². The second-order valence-corrected chi connectivity index (χ2v) is 4.56. The number of thiazole rings is 1. The minimum Gasteiger partial charge on any atom is -0.303 e. The van der Waals surface area contributed by atoms with Crippen molar-refractivity contribution in [3.05, 3.63) is 16.6 Å². The number of hydrogen-bond acceptors (Lipinski definition) is 3. The van der Waals surface area contributed by atoms with Crippen molar-refractivity contribution in [2.45, 2.75) is 25.7 Å². The molecule has 0 amide bonds. The smallest absolute Gasteiger partial charge is 0.0925 e. The van der Waals surface area contributed by atoms with E-state index in [0.717, 1.165) is 6.42 Å². The molecule has 0 unspecified atom stereocenters. The molecule has 0 N–H and O–H groups in total. The van der Waals surface area contributed by atoms with E-state index in [1.54, 1.807) is 11.3 Å². The summed E-state index contributed by atoms with van der Waals surface area (Å²) in [6.07, 6.45) is 7.13. The number of hydrogen-bond donors (Lipinski definition) is 0. The normalized spacial score (nSPS) is 18.2. The second-order valence-electron chi connectivity index (χ2n) is 3.58. The first-order valence-corrected chi connectivity index (χ1v) is 5.94. The molecule has 1 saturated heterocycles. The first kappa shape index (κ1) is 9.16. The quantitative estimate of drug-likeness (QED) is 0.733. The first-order valence-electron chi connectivity index (χ1n) is 5.06. The van der Waals surface area contributed by atoms with E-state index in [9.17, 15) is 0 Å². The van der Waals surface area contributed by atoms with Crippen molar-refractivity contribution < 1.29 is 0 Å². The van der Waals surface area contributed by atoms with Gasteiger partial charge in [-0.25, -0.2) is 4.98 Å². The zero-order valence-corrected chi connectivity index (χ0v) is 8.72. The number of likely N-dealkylation sites (tertiary alicyclic amines) is 1. The van der Waals surface area contributed by atoms with Crippen LogP contribution < -0.4 is 0 Å². The van der Waals surface area contributed by atoms with Crippen LogP contribution in [0, 0.1) is 0 Å². The highest BCUT2D eigenvalue weighted by Gasteiger charge is 2.10. The van der Waals surface area contributed by atoms with Crippen LogP contribution >= 0.6 is 11.3 Å². The lowest BCUT2D eigenvalue weighted by molar-refractivity contribution is 0.334. The van der Waals surface area contributed by atoms with Crippen LogP contribution in [0.1, 0.15) is 24.3 Å². The maximum absolute atomic E-state index is 4.28. The predicted octanol–water partition coefficient (Wildman–Crippen LogP) is 2.17. The molecule has 0 aromatic carbocycles. The van der Waals surface area contributed by atoms with Gasteiger partial charge in [0.1, 0.15) is 0 Å². The minimum atomic E-state index is 1.16. The van der Waals surface area contributed by atoms with Gasteiger partial charge in [0.25, 0.3) is 0 Å². The summed E-state index contributed by atoms with van der Waals surface area (Å²) >= 11 is 1.78. The number of aryl methyl sites for hydroxylation is 1. The summed E-state index contributed by atoms with van der Waals surface area (Å²) in [6.45, 7) is 3.90. The first-order chi connectivity index (χ1) is 6.45. The molecule has 1 aromatic rings. The van der Waals surface area contributed by atoms with Gasteiger partial charge in [-0.2, -0.15) is 0 Å². The van der Waals surface area contributed by atoms with Crippen LogP contribution in [0.3, 0.4) is 0 Å². The van der Waals surface area contributed by atoms with Gasteiger partial charge in [0.05, 0.1) is 5.01 Å². The molecule has 0 atom stereocenters. The molecule has 0 radical (unpaired) electrons. The Balaban J connectivity index is 1.63. The zero-order chi connectivity index (χ0) is 8.93. The van der Waals surface area contributed by atoms with E-state index in [1.807, 2.05) is 6.20 Å². The zero-order valence-electron chi connectivity index (χ0n) is 7.91. The average Bonchev–Trinajstić information content (AvgIpc) is 2.75.